The molecule has 0 atom stereocenters. The summed E-state index contributed by atoms with van der Waals surface area (Å²) in [5.74, 6) is -1.03. The van der Waals surface area contributed by atoms with Crippen molar-refractivity contribution in [2.75, 3.05) is 13.7 Å². The summed E-state index contributed by atoms with van der Waals surface area (Å²) < 4.78 is 6.15. The third-order valence-corrected chi connectivity index (χ3v) is 2.88. The molecule has 0 spiro atoms. The lowest BCUT2D eigenvalue weighted by Gasteiger charge is -2.25. The zero-order chi connectivity index (χ0) is 12.6. The van der Waals surface area contributed by atoms with E-state index in [9.17, 15) is 9.59 Å². The highest BCUT2D eigenvalue weighted by Crippen LogP contribution is 2.22. The van der Waals surface area contributed by atoms with Crippen molar-refractivity contribution in [2.24, 2.45) is 7.05 Å². The van der Waals surface area contributed by atoms with E-state index >= 15 is 0 Å². The van der Waals surface area contributed by atoms with Crippen molar-refractivity contribution in [2.45, 2.75) is 13.0 Å². The van der Waals surface area contributed by atoms with Gasteiger partial charge < -0.3 is 14.7 Å². The molecule has 0 aromatic carbocycles. The zero-order valence-corrected chi connectivity index (χ0v) is 9.63. The smallest absolute Gasteiger partial charge is 0.409 e. The second kappa shape index (κ2) is 4.08. The standard InChI is InChI=1S/C10H13N3O4/c1-12-7-5-13(10(16)17-2)4-3-6(7)8(11-12)9(14)15/h3-5H2,1-2H3,(H,14,15). The summed E-state index contributed by atoms with van der Waals surface area (Å²) in [6, 6.07) is 0. The molecular formula is C10H13N3O4. The van der Waals surface area contributed by atoms with Gasteiger partial charge in [-0.25, -0.2) is 9.59 Å². The van der Waals surface area contributed by atoms with Crippen LogP contribution >= 0.6 is 0 Å². The molecule has 0 aliphatic carbocycles. The van der Waals surface area contributed by atoms with Crippen molar-refractivity contribution in [1.29, 1.82) is 0 Å². The molecule has 0 radical (unpaired) electrons. The number of hydrogen-bond acceptors (Lipinski definition) is 4. The molecule has 17 heavy (non-hydrogen) atoms. The Hall–Kier alpha value is -2.05. The largest absolute Gasteiger partial charge is 0.476 e. The van der Waals surface area contributed by atoms with Crippen molar-refractivity contribution in [3.63, 3.8) is 0 Å². The topological polar surface area (TPSA) is 84.7 Å². The van der Waals surface area contributed by atoms with Crippen LogP contribution in [0, 0.1) is 0 Å². The van der Waals surface area contributed by atoms with Crippen LogP contribution in [0.5, 0.6) is 0 Å². The maximum absolute atomic E-state index is 11.4. The molecule has 2 heterocycles. The molecular weight excluding hydrogens is 226 g/mol. The minimum atomic E-state index is -1.03. The fourth-order valence-electron chi connectivity index (χ4n) is 2.03. The van der Waals surface area contributed by atoms with Gasteiger partial charge in [-0.1, -0.05) is 0 Å². The third-order valence-electron chi connectivity index (χ3n) is 2.88. The lowest BCUT2D eigenvalue weighted by Crippen LogP contribution is -2.36. The highest BCUT2D eigenvalue weighted by Gasteiger charge is 2.29. The zero-order valence-electron chi connectivity index (χ0n) is 9.63. The Morgan fingerprint density at radius 1 is 1.47 bits per heavy atom. The summed E-state index contributed by atoms with van der Waals surface area (Å²) in [4.78, 5) is 23.9. The van der Waals surface area contributed by atoms with Gasteiger partial charge in [-0.15, -0.1) is 0 Å². The number of aryl methyl sites for hydroxylation is 1. The molecule has 0 bridgehead atoms. The lowest BCUT2D eigenvalue weighted by atomic mass is 10.0. The summed E-state index contributed by atoms with van der Waals surface area (Å²) in [7, 11) is 3.00. The van der Waals surface area contributed by atoms with Crippen LogP contribution in [0.4, 0.5) is 4.79 Å². The second-order valence-corrected chi connectivity index (χ2v) is 3.84. The van der Waals surface area contributed by atoms with Crippen LogP contribution in [0.2, 0.25) is 0 Å². The first kappa shape index (κ1) is 11.4. The normalized spacial score (nSPS) is 14.4. The number of fused-ring (bicyclic) bond motifs is 1. The summed E-state index contributed by atoms with van der Waals surface area (Å²) in [6.45, 7) is 0.782. The van der Waals surface area contributed by atoms with E-state index in [2.05, 4.69) is 9.84 Å². The van der Waals surface area contributed by atoms with Gasteiger partial charge in [-0.3, -0.25) is 4.68 Å². The highest BCUT2D eigenvalue weighted by molar-refractivity contribution is 5.87. The Balaban J connectivity index is 2.33. The predicted octanol–water partition coefficient (Wildman–Crippen LogP) is 0.243. The first-order valence-corrected chi connectivity index (χ1v) is 5.15. The summed E-state index contributed by atoms with van der Waals surface area (Å²) >= 11 is 0. The van der Waals surface area contributed by atoms with E-state index in [-0.39, 0.29) is 5.69 Å². The van der Waals surface area contributed by atoms with E-state index in [1.54, 1.807) is 7.05 Å². The van der Waals surface area contributed by atoms with Gasteiger partial charge in [0.25, 0.3) is 0 Å². The molecule has 1 aliphatic rings. The number of carboxylic acid groups (broad SMARTS) is 1. The van der Waals surface area contributed by atoms with Crippen LogP contribution in [0.15, 0.2) is 0 Å². The van der Waals surface area contributed by atoms with Gasteiger partial charge in [0.2, 0.25) is 0 Å². The molecule has 0 saturated heterocycles. The van der Waals surface area contributed by atoms with Crippen LogP contribution in [0.3, 0.4) is 0 Å². The molecule has 1 aromatic heterocycles. The van der Waals surface area contributed by atoms with Crippen molar-refractivity contribution in [3.8, 4) is 0 Å². The van der Waals surface area contributed by atoms with Gasteiger partial charge in [-0.05, 0) is 6.42 Å². The molecule has 1 N–H and O–H groups in total. The molecule has 0 unspecified atom stereocenters. The Labute approximate surface area is 97.6 Å². The summed E-state index contributed by atoms with van der Waals surface area (Å²) in [6.07, 6.45) is 0.0774. The average Bonchev–Trinajstić information content (AvgIpc) is 2.65. The van der Waals surface area contributed by atoms with Gasteiger partial charge in [-0.2, -0.15) is 5.10 Å². The van der Waals surface area contributed by atoms with Crippen LogP contribution < -0.4 is 0 Å². The van der Waals surface area contributed by atoms with Crippen LogP contribution in [-0.2, 0) is 24.8 Å². The molecule has 2 rings (SSSR count). The van der Waals surface area contributed by atoms with Crippen LogP contribution in [-0.4, -0.2) is 45.5 Å². The number of nitrogens with zero attached hydrogens (tertiary/aromatic N) is 3. The number of rotatable bonds is 1. The quantitative estimate of drug-likeness (QED) is 0.759. The number of methoxy groups -OCH3 is 1. The Morgan fingerprint density at radius 2 is 2.18 bits per heavy atom. The SMILES string of the molecule is COC(=O)N1CCc2c(C(=O)O)nn(C)c2C1. The summed E-state index contributed by atoms with van der Waals surface area (Å²) in [5.41, 5.74) is 1.53. The first-order valence-electron chi connectivity index (χ1n) is 5.15. The fraction of sp³-hybridized carbons (Fsp3) is 0.500. The van der Waals surface area contributed by atoms with Gasteiger partial charge in [0.15, 0.2) is 5.69 Å². The van der Waals surface area contributed by atoms with E-state index < -0.39 is 12.1 Å². The molecule has 7 nitrogen and oxygen atoms in total. The molecule has 0 fully saturated rings. The number of aromatic carboxylic acids is 1. The van der Waals surface area contributed by atoms with E-state index in [0.29, 0.717) is 25.1 Å². The molecule has 7 heteroatoms. The van der Waals surface area contributed by atoms with E-state index in [1.807, 2.05) is 0 Å². The second-order valence-electron chi connectivity index (χ2n) is 3.84. The number of carbonyl (C=O) groups excluding carboxylic acids is 1. The highest BCUT2D eigenvalue weighted by atomic mass is 16.5. The van der Waals surface area contributed by atoms with E-state index in [4.69, 9.17) is 5.11 Å². The van der Waals surface area contributed by atoms with Crippen molar-refractivity contribution in [1.82, 2.24) is 14.7 Å². The maximum Gasteiger partial charge on any atom is 0.409 e. The van der Waals surface area contributed by atoms with Crippen molar-refractivity contribution >= 4 is 12.1 Å². The van der Waals surface area contributed by atoms with E-state index in [0.717, 1.165) is 5.69 Å². The number of hydrogen-bond donors (Lipinski definition) is 1. The monoisotopic (exact) mass is 239 g/mol. The van der Waals surface area contributed by atoms with Crippen molar-refractivity contribution < 1.29 is 19.4 Å². The molecule has 1 aliphatic heterocycles. The molecule has 1 aromatic rings. The van der Waals surface area contributed by atoms with E-state index in [1.165, 1.54) is 16.7 Å². The number of ether oxygens (including phenoxy) is 1. The Bertz CT molecular complexity index is 480. The summed E-state index contributed by atoms with van der Waals surface area (Å²) in [5, 5.41) is 12.9. The van der Waals surface area contributed by atoms with Crippen LogP contribution in [0.1, 0.15) is 21.7 Å². The molecule has 0 saturated carbocycles. The number of aromatic nitrogens is 2. The fourth-order valence-corrected chi connectivity index (χ4v) is 2.03. The van der Waals surface area contributed by atoms with Gasteiger partial charge >= 0.3 is 12.1 Å². The lowest BCUT2D eigenvalue weighted by molar-refractivity contribution is 0.0688. The first-order chi connectivity index (χ1) is 8.04. The Kier molecular flexibility index (Phi) is 2.74. The third kappa shape index (κ3) is 1.83. The van der Waals surface area contributed by atoms with Crippen molar-refractivity contribution in [3.05, 3.63) is 17.0 Å². The molecule has 92 valence electrons. The van der Waals surface area contributed by atoms with Crippen LogP contribution in [0.25, 0.3) is 0 Å². The van der Waals surface area contributed by atoms with Gasteiger partial charge in [0.05, 0.1) is 19.3 Å². The van der Waals surface area contributed by atoms with Gasteiger partial charge in [0.1, 0.15) is 0 Å². The molecule has 1 amide bonds. The minimum Gasteiger partial charge on any atom is -0.476 e. The number of carbonyl (C=O) groups is 2. The minimum absolute atomic E-state index is 0.0759. The average molecular weight is 239 g/mol. The number of amides is 1. The van der Waals surface area contributed by atoms with Gasteiger partial charge in [0, 0.05) is 19.2 Å². The predicted molar refractivity (Wildman–Crippen MR) is 56.7 cm³/mol. The maximum atomic E-state index is 11.4. The Morgan fingerprint density at radius 3 is 2.76 bits per heavy atom. The number of carboxylic acids is 1.